The third-order valence-corrected chi connectivity index (χ3v) is 4.12. The molecule has 98 valence electrons. The Balaban J connectivity index is 2.03. The van der Waals surface area contributed by atoms with Gasteiger partial charge in [0.1, 0.15) is 0 Å². The molecule has 1 N–H and O–H groups in total. The molecule has 1 aliphatic rings. The van der Waals surface area contributed by atoms with Crippen molar-refractivity contribution in [2.75, 3.05) is 19.0 Å². The summed E-state index contributed by atoms with van der Waals surface area (Å²) in [5.41, 5.74) is 0.864. The van der Waals surface area contributed by atoms with Gasteiger partial charge in [-0.1, -0.05) is 0 Å². The minimum Gasteiger partial charge on any atom is -0.381 e. The van der Waals surface area contributed by atoms with E-state index in [9.17, 15) is 10.1 Å². The average molecular weight is 315 g/mol. The van der Waals surface area contributed by atoms with Crippen molar-refractivity contribution in [3.63, 3.8) is 0 Å². The van der Waals surface area contributed by atoms with Crippen LogP contribution in [0.1, 0.15) is 19.3 Å². The Bertz CT molecular complexity index is 455. The van der Waals surface area contributed by atoms with E-state index in [1.54, 1.807) is 13.2 Å². The number of benzene rings is 1. The lowest BCUT2D eigenvalue weighted by atomic mass is 9.80. The third-order valence-electron chi connectivity index (χ3n) is 3.46. The largest absolute Gasteiger partial charge is 0.381 e. The zero-order chi connectivity index (χ0) is 13.2. The molecule has 0 radical (unpaired) electrons. The lowest BCUT2D eigenvalue weighted by molar-refractivity contribution is -0.384. The minimum absolute atomic E-state index is 0.0682. The molecule has 0 unspecified atom stereocenters. The summed E-state index contributed by atoms with van der Waals surface area (Å²) in [4.78, 5) is 10.2. The van der Waals surface area contributed by atoms with Crippen molar-refractivity contribution < 1.29 is 9.66 Å². The summed E-state index contributed by atoms with van der Waals surface area (Å²) in [6.45, 7) is 0.722. The second kappa shape index (κ2) is 5.24. The van der Waals surface area contributed by atoms with E-state index in [2.05, 4.69) is 21.2 Å². The van der Waals surface area contributed by atoms with Crippen molar-refractivity contribution in [1.29, 1.82) is 0 Å². The van der Waals surface area contributed by atoms with Gasteiger partial charge >= 0.3 is 0 Å². The van der Waals surface area contributed by atoms with E-state index in [4.69, 9.17) is 4.74 Å². The molecule has 0 spiro atoms. The topological polar surface area (TPSA) is 64.4 Å². The number of rotatable bonds is 5. The van der Waals surface area contributed by atoms with E-state index in [-0.39, 0.29) is 11.3 Å². The van der Waals surface area contributed by atoms with Crippen LogP contribution >= 0.6 is 15.9 Å². The second-order valence-corrected chi connectivity index (χ2v) is 5.37. The maximum absolute atomic E-state index is 10.6. The Morgan fingerprint density at radius 1 is 1.56 bits per heavy atom. The number of methoxy groups -OCH3 is 1. The summed E-state index contributed by atoms with van der Waals surface area (Å²) in [6.07, 6.45) is 3.30. The van der Waals surface area contributed by atoms with Crippen LogP contribution in [-0.2, 0) is 4.74 Å². The number of anilines is 1. The molecule has 0 saturated heterocycles. The third kappa shape index (κ3) is 2.64. The summed E-state index contributed by atoms with van der Waals surface area (Å²) in [5, 5.41) is 13.9. The normalized spacial score (nSPS) is 17.0. The van der Waals surface area contributed by atoms with Crippen LogP contribution in [0.4, 0.5) is 11.4 Å². The SMILES string of the molecule is COC1(CNc2ccc([N+](=O)[O-])cc2Br)CCC1. The van der Waals surface area contributed by atoms with Gasteiger partial charge in [0.2, 0.25) is 0 Å². The van der Waals surface area contributed by atoms with Crippen molar-refractivity contribution in [3.8, 4) is 0 Å². The van der Waals surface area contributed by atoms with Gasteiger partial charge in [-0.15, -0.1) is 0 Å². The Morgan fingerprint density at radius 3 is 2.72 bits per heavy atom. The fraction of sp³-hybridized carbons (Fsp3) is 0.500. The van der Waals surface area contributed by atoms with Gasteiger partial charge in [-0.3, -0.25) is 10.1 Å². The molecule has 0 aliphatic heterocycles. The summed E-state index contributed by atoms with van der Waals surface area (Å²) in [6, 6.07) is 4.71. The van der Waals surface area contributed by atoms with Crippen LogP contribution in [0, 0.1) is 10.1 Å². The van der Waals surface area contributed by atoms with Crippen molar-refractivity contribution in [1.82, 2.24) is 0 Å². The van der Waals surface area contributed by atoms with Crippen LogP contribution < -0.4 is 5.32 Å². The van der Waals surface area contributed by atoms with E-state index in [0.29, 0.717) is 4.47 Å². The van der Waals surface area contributed by atoms with Crippen molar-refractivity contribution in [3.05, 3.63) is 32.8 Å². The zero-order valence-corrected chi connectivity index (χ0v) is 11.7. The van der Waals surface area contributed by atoms with Crippen LogP contribution in [0.3, 0.4) is 0 Å². The van der Waals surface area contributed by atoms with Crippen molar-refractivity contribution in [2.45, 2.75) is 24.9 Å². The molecule has 0 bridgehead atoms. The lowest BCUT2D eigenvalue weighted by Gasteiger charge is -2.40. The van der Waals surface area contributed by atoms with Crippen LogP contribution in [0.2, 0.25) is 0 Å². The van der Waals surface area contributed by atoms with Gasteiger partial charge in [0, 0.05) is 35.9 Å². The molecule has 2 rings (SSSR count). The Hall–Kier alpha value is -1.14. The molecule has 1 aliphatic carbocycles. The van der Waals surface area contributed by atoms with Gasteiger partial charge in [-0.05, 0) is 41.3 Å². The number of non-ortho nitro benzene ring substituents is 1. The fourth-order valence-corrected chi connectivity index (χ4v) is 2.55. The Kier molecular flexibility index (Phi) is 3.87. The average Bonchev–Trinajstić information content (AvgIpc) is 2.29. The second-order valence-electron chi connectivity index (χ2n) is 4.52. The summed E-state index contributed by atoms with van der Waals surface area (Å²) in [5.74, 6) is 0. The highest BCUT2D eigenvalue weighted by molar-refractivity contribution is 9.10. The first-order chi connectivity index (χ1) is 8.56. The summed E-state index contributed by atoms with van der Waals surface area (Å²) in [7, 11) is 1.73. The van der Waals surface area contributed by atoms with Crippen LogP contribution in [-0.4, -0.2) is 24.2 Å². The van der Waals surface area contributed by atoms with Crippen LogP contribution in [0.5, 0.6) is 0 Å². The molecule has 1 fully saturated rings. The molecule has 18 heavy (non-hydrogen) atoms. The summed E-state index contributed by atoms with van der Waals surface area (Å²) >= 11 is 3.34. The highest BCUT2D eigenvalue weighted by Crippen LogP contribution is 2.36. The molecule has 5 nitrogen and oxygen atoms in total. The van der Waals surface area contributed by atoms with Gasteiger partial charge in [0.25, 0.3) is 5.69 Å². The van der Waals surface area contributed by atoms with E-state index < -0.39 is 4.92 Å². The number of hydrogen-bond acceptors (Lipinski definition) is 4. The molecular formula is C12H15BrN2O3. The summed E-state index contributed by atoms with van der Waals surface area (Å²) < 4.78 is 6.21. The van der Waals surface area contributed by atoms with Gasteiger partial charge in [-0.25, -0.2) is 0 Å². The predicted molar refractivity (Wildman–Crippen MR) is 72.9 cm³/mol. The van der Waals surface area contributed by atoms with E-state index in [1.165, 1.54) is 18.6 Å². The molecule has 0 aromatic heterocycles. The van der Waals surface area contributed by atoms with Crippen LogP contribution in [0.25, 0.3) is 0 Å². The molecule has 1 saturated carbocycles. The zero-order valence-electron chi connectivity index (χ0n) is 10.1. The minimum atomic E-state index is -0.406. The van der Waals surface area contributed by atoms with E-state index in [1.807, 2.05) is 0 Å². The molecule has 6 heteroatoms. The molecular weight excluding hydrogens is 300 g/mol. The van der Waals surface area contributed by atoms with E-state index >= 15 is 0 Å². The number of nitro benzene ring substituents is 1. The van der Waals surface area contributed by atoms with Crippen molar-refractivity contribution in [2.24, 2.45) is 0 Å². The van der Waals surface area contributed by atoms with Gasteiger partial charge in [0.05, 0.1) is 10.5 Å². The lowest BCUT2D eigenvalue weighted by Crippen LogP contribution is -2.45. The Labute approximate surface area is 114 Å². The van der Waals surface area contributed by atoms with Gasteiger partial charge < -0.3 is 10.1 Å². The first-order valence-electron chi connectivity index (χ1n) is 5.79. The van der Waals surface area contributed by atoms with Crippen molar-refractivity contribution >= 4 is 27.3 Å². The quantitative estimate of drug-likeness (QED) is 0.668. The number of hydrogen-bond donors (Lipinski definition) is 1. The molecule has 0 amide bonds. The molecule has 1 aromatic rings. The maximum atomic E-state index is 10.6. The number of ether oxygens (including phenoxy) is 1. The van der Waals surface area contributed by atoms with Gasteiger partial charge in [-0.2, -0.15) is 0 Å². The smallest absolute Gasteiger partial charge is 0.270 e. The highest BCUT2D eigenvalue weighted by atomic mass is 79.9. The monoisotopic (exact) mass is 314 g/mol. The predicted octanol–water partition coefficient (Wildman–Crippen LogP) is 3.34. The standard InChI is InChI=1S/C12H15BrN2O3/c1-18-12(5-2-6-12)8-14-11-4-3-9(15(16)17)7-10(11)13/h3-4,7,14H,2,5-6,8H2,1H3. The highest BCUT2D eigenvalue weighted by Gasteiger charge is 2.36. The number of nitrogens with zero attached hydrogens (tertiary/aromatic N) is 1. The molecule has 0 atom stereocenters. The van der Waals surface area contributed by atoms with Crippen LogP contribution in [0.15, 0.2) is 22.7 Å². The first-order valence-corrected chi connectivity index (χ1v) is 6.59. The van der Waals surface area contributed by atoms with E-state index in [0.717, 1.165) is 25.1 Å². The number of nitrogens with one attached hydrogen (secondary N) is 1. The number of nitro groups is 1. The maximum Gasteiger partial charge on any atom is 0.270 e. The Morgan fingerprint density at radius 2 is 2.28 bits per heavy atom. The molecule has 0 heterocycles. The fourth-order valence-electron chi connectivity index (χ4n) is 2.04. The first kappa shape index (κ1) is 13.3. The molecule has 1 aromatic carbocycles. The number of halogens is 1. The van der Waals surface area contributed by atoms with Gasteiger partial charge in [0.15, 0.2) is 0 Å².